The maximum Gasteiger partial charge on any atom is 0.344 e. The standard InChI is InChI=1S/C10H12O3.C2H6/c1-2-12-10(11)8-13-9-6-4-3-5-7-9;1-2/h3-7H,2,8H2,1H3;1-2H3. The summed E-state index contributed by atoms with van der Waals surface area (Å²) in [5, 5.41) is 0. The molecule has 84 valence electrons. The maximum atomic E-state index is 10.9. The molecule has 3 nitrogen and oxygen atoms in total. The second kappa shape index (κ2) is 9.06. The molecule has 0 atom stereocenters. The molecule has 0 radical (unpaired) electrons. The number of ether oxygens (including phenoxy) is 2. The summed E-state index contributed by atoms with van der Waals surface area (Å²) in [6.07, 6.45) is 0. The first-order valence-corrected chi connectivity index (χ1v) is 5.16. The van der Waals surface area contributed by atoms with Gasteiger partial charge in [0.25, 0.3) is 0 Å². The van der Waals surface area contributed by atoms with Gasteiger partial charge in [-0.15, -0.1) is 0 Å². The first kappa shape index (κ1) is 13.5. The molecule has 15 heavy (non-hydrogen) atoms. The van der Waals surface area contributed by atoms with E-state index in [0.29, 0.717) is 12.4 Å². The lowest BCUT2D eigenvalue weighted by atomic mass is 10.3. The third kappa shape index (κ3) is 6.55. The van der Waals surface area contributed by atoms with Crippen molar-refractivity contribution in [2.75, 3.05) is 13.2 Å². The summed E-state index contributed by atoms with van der Waals surface area (Å²) in [5.74, 6) is 0.335. The first-order chi connectivity index (χ1) is 7.33. The monoisotopic (exact) mass is 210 g/mol. The van der Waals surface area contributed by atoms with Gasteiger partial charge in [-0.3, -0.25) is 0 Å². The summed E-state index contributed by atoms with van der Waals surface area (Å²) in [4.78, 5) is 10.9. The van der Waals surface area contributed by atoms with E-state index in [9.17, 15) is 4.79 Å². The molecule has 0 bridgehead atoms. The molecule has 0 unspecified atom stereocenters. The molecule has 0 saturated carbocycles. The van der Waals surface area contributed by atoms with Crippen LogP contribution in [0.1, 0.15) is 20.8 Å². The second-order valence-electron chi connectivity index (χ2n) is 2.41. The fourth-order valence-corrected chi connectivity index (χ4v) is 0.862. The van der Waals surface area contributed by atoms with E-state index in [-0.39, 0.29) is 12.6 Å². The SMILES string of the molecule is CC.CCOC(=O)COc1ccccc1. The summed E-state index contributed by atoms with van der Waals surface area (Å²) in [5.41, 5.74) is 0. The van der Waals surface area contributed by atoms with Crippen LogP contribution in [0.2, 0.25) is 0 Å². The number of benzene rings is 1. The zero-order valence-electron chi connectivity index (χ0n) is 9.53. The lowest BCUT2D eigenvalue weighted by Crippen LogP contribution is -2.14. The number of hydrogen-bond acceptors (Lipinski definition) is 3. The molecule has 1 aromatic carbocycles. The van der Waals surface area contributed by atoms with Crippen molar-refractivity contribution in [3.8, 4) is 5.75 Å². The van der Waals surface area contributed by atoms with E-state index in [1.165, 1.54) is 0 Å². The highest BCUT2D eigenvalue weighted by molar-refractivity contribution is 5.71. The van der Waals surface area contributed by atoms with Crippen molar-refractivity contribution in [1.82, 2.24) is 0 Å². The Kier molecular flexibility index (Phi) is 8.15. The van der Waals surface area contributed by atoms with Crippen molar-refractivity contribution in [2.24, 2.45) is 0 Å². The van der Waals surface area contributed by atoms with Gasteiger partial charge < -0.3 is 9.47 Å². The Morgan fingerprint density at radius 1 is 1.20 bits per heavy atom. The van der Waals surface area contributed by atoms with Gasteiger partial charge in [0, 0.05) is 0 Å². The van der Waals surface area contributed by atoms with Gasteiger partial charge >= 0.3 is 5.97 Å². The van der Waals surface area contributed by atoms with E-state index in [4.69, 9.17) is 9.47 Å². The minimum Gasteiger partial charge on any atom is -0.482 e. The zero-order valence-corrected chi connectivity index (χ0v) is 9.53. The second-order valence-corrected chi connectivity index (χ2v) is 2.41. The fraction of sp³-hybridized carbons (Fsp3) is 0.417. The molecule has 0 spiro atoms. The quantitative estimate of drug-likeness (QED) is 0.717. The van der Waals surface area contributed by atoms with Gasteiger partial charge in [0.2, 0.25) is 0 Å². The van der Waals surface area contributed by atoms with Crippen LogP contribution >= 0.6 is 0 Å². The van der Waals surface area contributed by atoms with Crippen LogP contribution in [0.5, 0.6) is 5.75 Å². The molecule has 0 fully saturated rings. The smallest absolute Gasteiger partial charge is 0.344 e. The maximum absolute atomic E-state index is 10.9. The third-order valence-electron chi connectivity index (χ3n) is 1.41. The predicted octanol–water partition coefficient (Wildman–Crippen LogP) is 2.65. The van der Waals surface area contributed by atoms with E-state index in [1.807, 2.05) is 32.0 Å². The van der Waals surface area contributed by atoms with Gasteiger partial charge in [-0.2, -0.15) is 0 Å². The fourth-order valence-electron chi connectivity index (χ4n) is 0.862. The number of hydrogen-bond donors (Lipinski definition) is 0. The van der Waals surface area contributed by atoms with Gasteiger partial charge in [-0.25, -0.2) is 4.79 Å². The van der Waals surface area contributed by atoms with Crippen molar-refractivity contribution in [3.05, 3.63) is 30.3 Å². The van der Waals surface area contributed by atoms with Gasteiger partial charge in [0.1, 0.15) is 5.75 Å². The van der Waals surface area contributed by atoms with E-state index in [0.717, 1.165) is 0 Å². The molecule has 0 N–H and O–H groups in total. The van der Waals surface area contributed by atoms with Crippen LogP contribution in [-0.2, 0) is 9.53 Å². The number of carbonyl (C=O) groups is 1. The van der Waals surface area contributed by atoms with Crippen LogP contribution in [0.15, 0.2) is 30.3 Å². The molecular weight excluding hydrogens is 192 g/mol. The molecule has 1 rings (SSSR count). The lowest BCUT2D eigenvalue weighted by molar-refractivity contribution is -0.145. The van der Waals surface area contributed by atoms with Crippen molar-refractivity contribution in [1.29, 1.82) is 0 Å². The summed E-state index contributed by atoms with van der Waals surface area (Å²) in [6, 6.07) is 9.16. The first-order valence-electron chi connectivity index (χ1n) is 5.16. The van der Waals surface area contributed by atoms with Crippen molar-refractivity contribution >= 4 is 5.97 Å². The van der Waals surface area contributed by atoms with Crippen LogP contribution in [0.25, 0.3) is 0 Å². The Morgan fingerprint density at radius 3 is 2.33 bits per heavy atom. The van der Waals surface area contributed by atoms with Crippen molar-refractivity contribution in [3.63, 3.8) is 0 Å². The van der Waals surface area contributed by atoms with Gasteiger partial charge in [-0.1, -0.05) is 32.0 Å². The van der Waals surface area contributed by atoms with Crippen LogP contribution in [0.3, 0.4) is 0 Å². The molecule has 0 saturated heterocycles. The molecule has 0 aliphatic rings. The molecule has 0 aromatic heterocycles. The minimum absolute atomic E-state index is 0.0299. The Balaban J connectivity index is 0.000000921. The molecule has 1 aromatic rings. The summed E-state index contributed by atoms with van der Waals surface area (Å²) in [6.45, 7) is 6.12. The predicted molar refractivity (Wildman–Crippen MR) is 59.9 cm³/mol. The summed E-state index contributed by atoms with van der Waals surface area (Å²) in [7, 11) is 0. The largest absolute Gasteiger partial charge is 0.482 e. The average molecular weight is 210 g/mol. The Hall–Kier alpha value is -1.51. The normalized spacial score (nSPS) is 8.47. The molecule has 3 heteroatoms. The zero-order chi connectivity index (χ0) is 11.5. The molecule has 0 aliphatic carbocycles. The number of carbonyl (C=O) groups excluding carboxylic acids is 1. The summed E-state index contributed by atoms with van der Waals surface area (Å²) >= 11 is 0. The van der Waals surface area contributed by atoms with E-state index >= 15 is 0 Å². The van der Waals surface area contributed by atoms with Crippen LogP contribution in [0.4, 0.5) is 0 Å². The highest BCUT2D eigenvalue weighted by atomic mass is 16.6. The molecular formula is C12H18O3. The third-order valence-corrected chi connectivity index (χ3v) is 1.41. The van der Waals surface area contributed by atoms with Crippen molar-refractivity contribution in [2.45, 2.75) is 20.8 Å². The average Bonchev–Trinajstić information content (AvgIpc) is 2.31. The molecule has 0 aliphatic heterocycles. The van der Waals surface area contributed by atoms with Crippen molar-refractivity contribution < 1.29 is 14.3 Å². The number of para-hydroxylation sites is 1. The Bertz CT molecular complexity index is 257. The molecule has 0 heterocycles. The van der Waals surface area contributed by atoms with Gasteiger partial charge in [0.15, 0.2) is 6.61 Å². The van der Waals surface area contributed by atoms with Crippen LogP contribution < -0.4 is 4.74 Å². The minimum atomic E-state index is -0.341. The van der Waals surface area contributed by atoms with Crippen LogP contribution in [-0.4, -0.2) is 19.2 Å². The Morgan fingerprint density at radius 2 is 1.80 bits per heavy atom. The van der Waals surface area contributed by atoms with E-state index < -0.39 is 0 Å². The van der Waals surface area contributed by atoms with E-state index in [2.05, 4.69) is 0 Å². The van der Waals surface area contributed by atoms with Crippen LogP contribution in [0, 0.1) is 0 Å². The Labute approximate surface area is 91.0 Å². The topological polar surface area (TPSA) is 35.5 Å². The highest BCUT2D eigenvalue weighted by Gasteiger charge is 2.01. The molecule has 0 amide bonds. The number of rotatable bonds is 4. The van der Waals surface area contributed by atoms with Gasteiger partial charge in [-0.05, 0) is 19.1 Å². The highest BCUT2D eigenvalue weighted by Crippen LogP contribution is 2.07. The summed E-state index contributed by atoms with van der Waals surface area (Å²) < 4.78 is 9.85. The lowest BCUT2D eigenvalue weighted by Gasteiger charge is -2.04. The van der Waals surface area contributed by atoms with E-state index in [1.54, 1.807) is 19.1 Å². The number of esters is 1. The van der Waals surface area contributed by atoms with Gasteiger partial charge in [0.05, 0.1) is 6.61 Å².